The van der Waals surface area contributed by atoms with Crippen molar-refractivity contribution in [1.82, 2.24) is 25.2 Å². The zero-order valence-electron chi connectivity index (χ0n) is 15.7. The number of H-pyrrole nitrogens is 1. The van der Waals surface area contributed by atoms with E-state index in [1.165, 1.54) is 27.8 Å². The highest BCUT2D eigenvalue weighted by Crippen LogP contribution is 2.42. The van der Waals surface area contributed by atoms with Crippen LogP contribution in [0.4, 0.5) is 0 Å². The van der Waals surface area contributed by atoms with Crippen molar-refractivity contribution in [2.75, 3.05) is 0 Å². The third kappa shape index (κ3) is 2.52. The molecule has 0 spiro atoms. The van der Waals surface area contributed by atoms with Gasteiger partial charge in [0.25, 0.3) is 0 Å². The van der Waals surface area contributed by atoms with Crippen molar-refractivity contribution in [2.45, 2.75) is 6.92 Å². The van der Waals surface area contributed by atoms with Crippen molar-refractivity contribution >= 4 is 10.9 Å². The maximum absolute atomic E-state index is 4.17. The Balaban J connectivity index is 1.89. The van der Waals surface area contributed by atoms with Gasteiger partial charge in [-0.05, 0) is 41.0 Å². The first-order valence-corrected chi connectivity index (χ1v) is 9.21. The lowest BCUT2D eigenvalue weighted by atomic mass is 9.96. The molecule has 0 radical (unpaired) electrons. The van der Waals surface area contributed by atoms with E-state index < -0.39 is 0 Å². The smallest absolute Gasteiger partial charge is 0.205 e. The van der Waals surface area contributed by atoms with Crippen LogP contribution in [0.1, 0.15) is 5.56 Å². The summed E-state index contributed by atoms with van der Waals surface area (Å²) in [6, 6.07) is 25.5. The second kappa shape index (κ2) is 6.46. The maximum Gasteiger partial charge on any atom is 0.205 e. The fraction of sp³-hybridized carbons (Fsp3) is 0.0870. The minimum atomic E-state index is 0.614. The first-order chi connectivity index (χ1) is 13.7. The summed E-state index contributed by atoms with van der Waals surface area (Å²) in [5.41, 5.74) is 8.09. The summed E-state index contributed by atoms with van der Waals surface area (Å²) in [5, 5.41) is 15.8. The summed E-state index contributed by atoms with van der Waals surface area (Å²) in [6.45, 7) is 2.09. The van der Waals surface area contributed by atoms with Gasteiger partial charge in [-0.15, -0.1) is 10.2 Å². The molecule has 0 atom stereocenters. The highest BCUT2D eigenvalue weighted by molar-refractivity contribution is 6.06. The summed E-state index contributed by atoms with van der Waals surface area (Å²) in [4.78, 5) is 0. The average Bonchev–Trinajstić information content (AvgIpc) is 3.35. The quantitative estimate of drug-likeness (QED) is 0.489. The van der Waals surface area contributed by atoms with E-state index in [2.05, 4.69) is 106 Å². The zero-order chi connectivity index (χ0) is 19.1. The van der Waals surface area contributed by atoms with E-state index in [4.69, 9.17) is 0 Å². The molecule has 0 bridgehead atoms. The Hall–Kier alpha value is -3.73. The number of aryl methyl sites for hydroxylation is 2. The number of nitrogens with zero attached hydrogens (tertiary/aromatic N) is 4. The van der Waals surface area contributed by atoms with E-state index in [0.29, 0.717) is 5.82 Å². The van der Waals surface area contributed by atoms with E-state index in [-0.39, 0.29) is 0 Å². The Kier molecular flexibility index (Phi) is 3.79. The second-order valence-corrected chi connectivity index (χ2v) is 6.93. The fourth-order valence-corrected chi connectivity index (χ4v) is 3.94. The molecule has 0 aliphatic heterocycles. The second-order valence-electron chi connectivity index (χ2n) is 6.93. The molecule has 5 rings (SSSR count). The molecule has 0 fully saturated rings. The van der Waals surface area contributed by atoms with E-state index in [1.807, 2.05) is 6.07 Å². The van der Waals surface area contributed by atoms with Crippen LogP contribution in [0.5, 0.6) is 0 Å². The molecule has 0 aliphatic rings. The van der Waals surface area contributed by atoms with Gasteiger partial charge in [-0.3, -0.25) is 0 Å². The average molecular weight is 365 g/mol. The number of aromatic amines is 1. The molecule has 0 amide bonds. The minimum absolute atomic E-state index is 0.614. The van der Waals surface area contributed by atoms with Crippen molar-refractivity contribution in [1.29, 1.82) is 0 Å². The number of rotatable bonds is 3. The number of fused-ring (bicyclic) bond motifs is 1. The minimum Gasteiger partial charge on any atom is -0.343 e. The molecular weight excluding hydrogens is 346 g/mol. The zero-order valence-corrected chi connectivity index (χ0v) is 15.7. The molecule has 5 nitrogen and oxygen atoms in total. The number of tetrazole rings is 1. The molecule has 1 N–H and O–H groups in total. The Bertz CT molecular complexity index is 1250. The standard InChI is InChI=1S/C23H19N5/c1-15-13-19-20(14-18(15)23-24-26-27-25-23)28(2)22(17-11-7-4-8-12-17)21(19)16-9-5-3-6-10-16/h3-14H,1-2H3,(H,24,25,26,27). The Labute approximate surface area is 162 Å². The van der Waals surface area contributed by atoms with E-state index in [1.54, 1.807) is 0 Å². The molecule has 0 unspecified atom stereocenters. The van der Waals surface area contributed by atoms with Gasteiger partial charge in [0.05, 0.1) is 5.69 Å². The molecule has 5 heteroatoms. The van der Waals surface area contributed by atoms with Crippen molar-refractivity contribution in [3.8, 4) is 33.8 Å². The summed E-state index contributed by atoms with van der Waals surface area (Å²) < 4.78 is 2.26. The van der Waals surface area contributed by atoms with Crippen LogP contribution in [0.2, 0.25) is 0 Å². The molecule has 0 saturated heterocycles. The molecule has 0 aliphatic carbocycles. The van der Waals surface area contributed by atoms with Gasteiger partial charge in [-0.25, -0.2) is 0 Å². The normalized spacial score (nSPS) is 11.2. The van der Waals surface area contributed by atoms with Crippen LogP contribution >= 0.6 is 0 Å². The molecule has 2 aromatic heterocycles. The lowest BCUT2D eigenvalue weighted by molar-refractivity contribution is 0.881. The topological polar surface area (TPSA) is 59.4 Å². The monoisotopic (exact) mass is 365 g/mol. The molecule has 2 heterocycles. The number of benzene rings is 3. The summed E-state index contributed by atoms with van der Waals surface area (Å²) >= 11 is 0. The Morgan fingerprint density at radius 3 is 2.18 bits per heavy atom. The van der Waals surface area contributed by atoms with E-state index >= 15 is 0 Å². The van der Waals surface area contributed by atoms with Gasteiger partial charge in [-0.1, -0.05) is 60.7 Å². The summed E-state index contributed by atoms with van der Waals surface area (Å²) in [6.07, 6.45) is 0. The third-order valence-electron chi connectivity index (χ3n) is 5.24. The predicted octanol–water partition coefficient (Wildman–Crippen LogP) is 5.00. The molecular formula is C23H19N5. The van der Waals surface area contributed by atoms with Gasteiger partial charge in [0.1, 0.15) is 0 Å². The van der Waals surface area contributed by atoms with Crippen molar-refractivity contribution in [2.24, 2.45) is 7.05 Å². The van der Waals surface area contributed by atoms with Gasteiger partial charge in [0.15, 0.2) is 0 Å². The fourth-order valence-electron chi connectivity index (χ4n) is 3.94. The van der Waals surface area contributed by atoms with Crippen molar-refractivity contribution in [3.05, 3.63) is 78.4 Å². The molecule has 28 heavy (non-hydrogen) atoms. The molecule has 136 valence electrons. The van der Waals surface area contributed by atoms with Gasteiger partial charge in [0.2, 0.25) is 5.82 Å². The van der Waals surface area contributed by atoms with Crippen LogP contribution in [0.25, 0.3) is 44.7 Å². The van der Waals surface area contributed by atoms with Crippen molar-refractivity contribution in [3.63, 3.8) is 0 Å². The third-order valence-corrected chi connectivity index (χ3v) is 5.24. The van der Waals surface area contributed by atoms with Crippen LogP contribution in [-0.2, 0) is 7.05 Å². The maximum atomic E-state index is 4.17. The Morgan fingerprint density at radius 2 is 1.54 bits per heavy atom. The van der Waals surface area contributed by atoms with Crippen LogP contribution in [0, 0.1) is 6.92 Å². The van der Waals surface area contributed by atoms with Gasteiger partial charge in [-0.2, -0.15) is 5.21 Å². The van der Waals surface area contributed by atoms with Crippen LogP contribution in [0.3, 0.4) is 0 Å². The summed E-state index contributed by atoms with van der Waals surface area (Å²) in [5.74, 6) is 0.614. The van der Waals surface area contributed by atoms with Gasteiger partial charge >= 0.3 is 0 Å². The van der Waals surface area contributed by atoms with Gasteiger partial charge < -0.3 is 4.57 Å². The lowest BCUT2D eigenvalue weighted by Crippen LogP contribution is -1.93. The number of hydrogen-bond donors (Lipinski definition) is 1. The SMILES string of the molecule is Cc1cc2c(-c3ccccc3)c(-c3ccccc3)n(C)c2cc1-c1nn[nH]n1. The highest BCUT2D eigenvalue weighted by atomic mass is 15.5. The molecule has 5 aromatic rings. The largest absolute Gasteiger partial charge is 0.343 e. The van der Waals surface area contributed by atoms with Crippen LogP contribution in [0.15, 0.2) is 72.8 Å². The van der Waals surface area contributed by atoms with Crippen molar-refractivity contribution < 1.29 is 0 Å². The molecule has 0 saturated carbocycles. The van der Waals surface area contributed by atoms with Crippen LogP contribution in [-0.4, -0.2) is 25.2 Å². The molecule has 3 aromatic carbocycles. The van der Waals surface area contributed by atoms with Crippen LogP contribution < -0.4 is 0 Å². The van der Waals surface area contributed by atoms with Gasteiger partial charge in [0, 0.05) is 29.1 Å². The van der Waals surface area contributed by atoms with E-state index in [9.17, 15) is 0 Å². The number of hydrogen-bond acceptors (Lipinski definition) is 3. The Morgan fingerprint density at radius 1 is 0.857 bits per heavy atom. The number of aromatic nitrogens is 5. The highest BCUT2D eigenvalue weighted by Gasteiger charge is 2.20. The predicted molar refractivity (Wildman–Crippen MR) is 112 cm³/mol. The van der Waals surface area contributed by atoms with E-state index in [0.717, 1.165) is 16.6 Å². The number of nitrogens with one attached hydrogen (secondary N) is 1. The first-order valence-electron chi connectivity index (χ1n) is 9.21. The summed E-state index contributed by atoms with van der Waals surface area (Å²) in [7, 11) is 2.12. The lowest BCUT2D eigenvalue weighted by Gasteiger charge is -2.08. The first kappa shape index (κ1) is 16.4.